The number of hydrogen-bond donors (Lipinski definition) is 1. The fourth-order valence-corrected chi connectivity index (χ4v) is 2.99. The lowest BCUT2D eigenvalue weighted by Crippen LogP contribution is -2.22. The van der Waals surface area contributed by atoms with Gasteiger partial charge in [0.1, 0.15) is 0 Å². The van der Waals surface area contributed by atoms with Gasteiger partial charge in [-0.05, 0) is 49.1 Å². The minimum Gasteiger partial charge on any atom is -0.398 e. The Kier molecular flexibility index (Phi) is 3.65. The normalized spacial score (nSPS) is 14.4. The van der Waals surface area contributed by atoms with E-state index in [9.17, 15) is 4.79 Å². The molecule has 0 bridgehead atoms. The molecule has 1 aliphatic heterocycles. The van der Waals surface area contributed by atoms with E-state index in [0.717, 1.165) is 31.6 Å². The maximum absolute atomic E-state index is 11.5. The van der Waals surface area contributed by atoms with Crippen LogP contribution >= 0.6 is 0 Å². The van der Waals surface area contributed by atoms with Gasteiger partial charge in [-0.1, -0.05) is 24.3 Å². The third kappa shape index (κ3) is 2.77. The summed E-state index contributed by atoms with van der Waals surface area (Å²) in [6.07, 6.45) is 2.25. The zero-order valence-corrected chi connectivity index (χ0v) is 12.3. The zero-order valence-electron chi connectivity index (χ0n) is 12.3. The summed E-state index contributed by atoms with van der Waals surface area (Å²) < 4.78 is 0. The largest absolute Gasteiger partial charge is 0.398 e. The molecular formula is C18H20N2O. The van der Waals surface area contributed by atoms with E-state index in [1.807, 2.05) is 18.2 Å². The van der Waals surface area contributed by atoms with Crippen molar-refractivity contribution in [1.82, 2.24) is 0 Å². The van der Waals surface area contributed by atoms with Crippen molar-refractivity contribution >= 4 is 17.2 Å². The molecule has 3 rings (SSSR count). The Hall–Kier alpha value is -2.29. The van der Waals surface area contributed by atoms with E-state index in [0.29, 0.717) is 11.3 Å². The maximum Gasteiger partial charge on any atom is 0.161 e. The lowest BCUT2D eigenvalue weighted by molar-refractivity contribution is 0.101. The Balaban J connectivity index is 1.91. The van der Waals surface area contributed by atoms with E-state index in [4.69, 9.17) is 5.73 Å². The second-order valence-corrected chi connectivity index (χ2v) is 5.62. The maximum atomic E-state index is 11.5. The van der Waals surface area contributed by atoms with Crippen LogP contribution in [0.25, 0.3) is 0 Å². The molecule has 2 aromatic carbocycles. The van der Waals surface area contributed by atoms with Gasteiger partial charge in [-0.15, -0.1) is 0 Å². The first-order chi connectivity index (χ1) is 10.1. The molecule has 1 heterocycles. The third-order valence-corrected chi connectivity index (χ3v) is 4.13. The summed E-state index contributed by atoms with van der Waals surface area (Å²) in [5, 5.41) is 0. The Bertz CT molecular complexity index is 679. The number of hydrogen-bond acceptors (Lipinski definition) is 3. The predicted molar refractivity (Wildman–Crippen MR) is 86.7 cm³/mol. The summed E-state index contributed by atoms with van der Waals surface area (Å²) in [6.45, 7) is 3.45. The molecule has 2 aromatic rings. The molecular weight excluding hydrogens is 260 g/mol. The van der Waals surface area contributed by atoms with E-state index >= 15 is 0 Å². The van der Waals surface area contributed by atoms with Crippen molar-refractivity contribution in [3.63, 3.8) is 0 Å². The number of ketones is 1. The molecule has 0 spiro atoms. The van der Waals surface area contributed by atoms with Crippen molar-refractivity contribution in [2.75, 3.05) is 17.2 Å². The number of rotatable bonds is 2. The highest BCUT2D eigenvalue weighted by molar-refractivity contribution is 5.99. The Morgan fingerprint density at radius 2 is 1.90 bits per heavy atom. The van der Waals surface area contributed by atoms with Crippen LogP contribution in [0.2, 0.25) is 0 Å². The molecule has 21 heavy (non-hydrogen) atoms. The fraction of sp³-hybridized carbons (Fsp3) is 0.278. The summed E-state index contributed by atoms with van der Waals surface area (Å²) in [4.78, 5) is 13.8. The van der Waals surface area contributed by atoms with Crippen molar-refractivity contribution in [1.29, 1.82) is 0 Å². The quantitative estimate of drug-likeness (QED) is 0.677. The fourth-order valence-electron chi connectivity index (χ4n) is 2.99. The van der Waals surface area contributed by atoms with Gasteiger partial charge in [-0.3, -0.25) is 4.79 Å². The molecule has 0 radical (unpaired) electrons. The summed E-state index contributed by atoms with van der Waals surface area (Å²) in [5.74, 6) is 0.0141. The van der Waals surface area contributed by atoms with Crippen LogP contribution in [0.5, 0.6) is 0 Å². The number of carbonyl (C=O) groups is 1. The predicted octanol–water partition coefficient (Wildman–Crippen LogP) is 3.42. The van der Waals surface area contributed by atoms with Crippen molar-refractivity contribution in [2.45, 2.75) is 26.3 Å². The number of nitrogen functional groups attached to an aromatic ring is 1. The Labute approximate surface area is 125 Å². The van der Waals surface area contributed by atoms with Crippen molar-refractivity contribution in [2.24, 2.45) is 0 Å². The zero-order chi connectivity index (χ0) is 14.8. The monoisotopic (exact) mass is 280 g/mol. The van der Waals surface area contributed by atoms with E-state index in [1.54, 1.807) is 6.92 Å². The van der Waals surface area contributed by atoms with E-state index < -0.39 is 0 Å². The molecule has 0 fully saturated rings. The first kappa shape index (κ1) is 13.7. The standard InChI is InChI=1S/C18H20N2O/c1-13(21)17-9-8-16(11-18(17)19)20-10-4-7-14-5-2-3-6-15(14)12-20/h2-3,5-6,8-9,11H,4,7,10,12,19H2,1H3. The van der Waals surface area contributed by atoms with Gasteiger partial charge in [0.15, 0.2) is 5.78 Å². The van der Waals surface area contributed by atoms with Gasteiger partial charge in [0.25, 0.3) is 0 Å². The van der Waals surface area contributed by atoms with E-state index in [1.165, 1.54) is 11.1 Å². The molecule has 0 unspecified atom stereocenters. The van der Waals surface area contributed by atoms with Gasteiger partial charge in [0.2, 0.25) is 0 Å². The van der Waals surface area contributed by atoms with Crippen molar-refractivity contribution in [3.05, 3.63) is 59.2 Å². The average molecular weight is 280 g/mol. The van der Waals surface area contributed by atoms with Crippen LogP contribution in [-0.4, -0.2) is 12.3 Å². The SMILES string of the molecule is CC(=O)c1ccc(N2CCCc3ccccc3C2)cc1N. The van der Waals surface area contributed by atoms with Crippen LogP contribution in [0.1, 0.15) is 34.8 Å². The van der Waals surface area contributed by atoms with Gasteiger partial charge in [-0.25, -0.2) is 0 Å². The number of Topliss-reactive ketones (excluding diaryl/α,β-unsaturated/α-hetero) is 1. The molecule has 0 saturated heterocycles. The lowest BCUT2D eigenvalue weighted by atomic mass is 10.0. The summed E-state index contributed by atoms with van der Waals surface area (Å²) >= 11 is 0. The molecule has 0 amide bonds. The van der Waals surface area contributed by atoms with Crippen LogP contribution < -0.4 is 10.6 Å². The summed E-state index contributed by atoms with van der Waals surface area (Å²) in [6, 6.07) is 14.4. The van der Waals surface area contributed by atoms with E-state index in [2.05, 4.69) is 29.2 Å². The van der Waals surface area contributed by atoms with Crippen molar-refractivity contribution in [3.8, 4) is 0 Å². The highest BCUT2D eigenvalue weighted by Crippen LogP contribution is 2.27. The summed E-state index contributed by atoms with van der Waals surface area (Å²) in [7, 11) is 0. The van der Waals surface area contributed by atoms with Gasteiger partial charge in [-0.2, -0.15) is 0 Å². The Morgan fingerprint density at radius 3 is 2.62 bits per heavy atom. The van der Waals surface area contributed by atoms with Crippen LogP contribution in [0.15, 0.2) is 42.5 Å². The molecule has 0 aliphatic carbocycles. The Morgan fingerprint density at radius 1 is 1.14 bits per heavy atom. The van der Waals surface area contributed by atoms with Gasteiger partial charge >= 0.3 is 0 Å². The molecule has 2 N–H and O–H groups in total. The molecule has 0 atom stereocenters. The van der Waals surface area contributed by atoms with E-state index in [-0.39, 0.29) is 5.78 Å². The number of benzene rings is 2. The lowest BCUT2D eigenvalue weighted by Gasteiger charge is -2.24. The number of aryl methyl sites for hydroxylation is 1. The third-order valence-electron chi connectivity index (χ3n) is 4.13. The minimum absolute atomic E-state index is 0.0141. The topological polar surface area (TPSA) is 46.3 Å². The first-order valence-electron chi connectivity index (χ1n) is 7.37. The highest BCUT2D eigenvalue weighted by Gasteiger charge is 2.15. The minimum atomic E-state index is 0.0141. The van der Waals surface area contributed by atoms with Crippen LogP contribution in [0.4, 0.5) is 11.4 Å². The molecule has 0 aromatic heterocycles. The van der Waals surface area contributed by atoms with Gasteiger partial charge < -0.3 is 10.6 Å². The molecule has 3 heteroatoms. The average Bonchev–Trinajstić information content (AvgIpc) is 2.68. The highest BCUT2D eigenvalue weighted by atomic mass is 16.1. The second kappa shape index (κ2) is 5.60. The molecule has 1 aliphatic rings. The first-order valence-corrected chi connectivity index (χ1v) is 7.37. The number of fused-ring (bicyclic) bond motifs is 1. The summed E-state index contributed by atoms with van der Waals surface area (Å²) in [5.41, 5.74) is 11.1. The number of anilines is 2. The van der Waals surface area contributed by atoms with Crippen LogP contribution in [-0.2, 0) is 13.0 Å². The number of nitrogens with two attached hydrogens (primary N) is 1. The van der Waals surface area contributed by atoms with Crippen LogP contribution in [0, 0.1) is 0 Å². The van der Waals surface area contributed by atoms with Crippen molar-refractivity contribution < 1.29 is 4.79 Å². The molecule has 3 nitrogen and oxygen atoms in total. The second-order valence-electron chi connectivity index (χ2n) is 5.62. The number of carbonyl (C=O) groups excluding carboxylic acids is 1. The van der Waals surface area contributed by atoms with Gasteiger partial charge in [0, 0.05) is 30.0 Å². The van der Waals surface area contributed by atoms with Crippen LogP contribution in [0.3, 0.4) is 0 Å². The molecule has 108 valence electrons. The van der Waals surface area contributed by atoms with Gasteiger partial charge in [0.05, 0.1) is 0 Å². The molecule has 0 saturated carbocycles. The smallest absolute Gasteiger partial charge is 0.161 e. The number of nitrogens with zero attached hydrogens (tertiary/aromatic N) is 1.